The third kappa shape index (κ3) is 2.36. The molecular formula is C19H11N3O2S2. The van der Waals surface area contributed by atoms with Crippen molar-refractivity contribution in [1.29, 1.82) is 5.26 Å². The molecule has 0 unspecified atom stereocenters. The second-order valence-corrected chi connectivity index (χ2v) is 6.87. The number of nitriles is 1. The molecule has 7 heteroatoms. The van der Waals surface area contributed by atoms with Crippen molar-refractivity contribution in [2.45, 2.75) is 0 Å². The van der Waals surface area contributed by atoms with Crippen LogP contribution >= 0.6 is 23.6 Å². The van der Waals surface area contributed by atoms with Crippen molar-refractivity contribution in [3.05, 3.63) is 80.7 Å². The van der Waals surface area contributed by atoms with E-state index in [1.165, 1.54) is 4.57 Å². The van der Waals surface area contributed by atoms with E-state index in [9.17, 15) is 15.2 Å². The fourth-order valence-corrected chi connectivity index (χ4v) is 4.28. The fraction of sp³-hybridized carbons (Fsp3) is 0. The Hall–Kier alpha value is -3.21. The van der Waals surface area contributed by atoms with E-state index >= 15 is 0 Å². The number of thiophene rings is 1. The molecule has 0 radical (unpaired) electrons. The van der Waals surface area contributed by atoms with E-state index in [0.717, 1.165) is 17.0 Å². The maximum absolute atomic E-state index is 13.1. The fourth-order valence-electron chi connectivity index (χ4n) is 2.83. The third-order valence-electron chi connectivity index (χ3n) is 4.00. The second-order valence-electron chi connectivity index (χ2n) is 5.50. The van der Waals surface area contributed by atoms with Gasteiger partial charge in [0.15, 0.2) is 10.5 Å². The minimum Gasteiger partial charge on any atom is -0.505 e. The lowest BCUT2D eigenvalue weighted by molar-refractivity contribution is 0.481. The molecule has 2 aromatic heterocycles. The Balaban J connectivity index is 2.25. The first-order valence-electron chi connectivity index (χ1n) is 7.68. The average Bonchev–Trinajstić information content (AvgIpc) is 3.00. The average molecular weight is 377 g/mol. The summed E-state index contributed by atoms with van der Waals surface area (Å²) in [4.78, 5) is 13.6. The highest BCUT2D eigenvalue weighted by Crippen LogP contribution is 2.35. The van der Waals surface area contributed by atoms with Crippen LogP contribution in [0.1, 0.15) is 4.88 Å². The summed E-state index contributed by atoms with van der Waals surface area (Å²) in [7, 11) is 0. The highest BCUT2D eigenvalue weighted by molar-refractivity contribution is 7.71. The number of para-hydroxylation sites is 2. The van der Waals surface area contributed by atoms with Gasteiger partial charge in [-0.2, -0.15) is 5.26 Å². The van der Waals surface area contributed by atoms with Crippen molar-refractivity contribution in [2.24, 2.45) is 0 Å². The quantitative estimate of drug-likeness (QED) is 0.533. The lowest BCUT2D eigenvalue weighted by Crippen LogP contribution is -2.23. The van der Waals surface area contributed by atoms with Crippen LogP contribution in [-0.2, 0) is 0 Å². The van der Waals surface area contributed by atoms with Gasteiger partial charge in [0.05, 0.1) is 5.69 Å². The van der Waals surface area contributed by atoms with E-state index in [0.29, 0.717) is 10.5 Å². The van der Waals surface area contributed by atoms with Gasteiger partial charge in [-0.05, 0) is 36.5 Å². The van der Waals surface area contributed by atoms with Gasteiger partial charge in [-0.15, -0.1) is 11.3 Å². The molecule has 0 aliphatic carbocycles. The molecule has 1 N–H and O–H groups in total. The summed E-state index contributed by atoms with van der Waals surface area (Å²) in [6.45, 7) is 0. The number of hydrogen-bond donors (Lipinski definition) is 1. The minimum atomic E-state index is -0.446. The van der Waals surface area contributed by atoms with E-state index in [2.05, 4.69) is 0 Å². The zero-order chi connectivity index (χ0) is 18.3. The van der Waals surface area contributed by atoms with Gasteiger partial charge in [-0.1, -0.05) is 36.4 Å². The van der Waals surface area contributed by atoms with E-state index < -0.39 is 5.56 Å². The highest BCUT2D eigenvalue weighted by Gasteiger charge is 2.21. The van der Waals surface area contributed by atoms with Crippen LogP contribution in [0, 0.1) is 16.1 Å². The Kier molecular flexibility index (Phi) is 3.92. The van der Waals surface area contributed by atoms with Crippen LogP contribution in [0.4, 0.5) is 0 Å². The summed E-state index contributed by atoms with van der Waals surface area (Å²) >= 11 is 6.68. The monoisotopic (exact) mass is 377 g/mol. The molecule has 126 valence electrons. The molecule has 0 aliphatic rings. The van der Waals surface area contributed by atoms with Gasteiger partial charge in [-0.3, -0.25) is 13.9 Å². The second kappa shape index (κ2) is 6.26. The largest absolute Gasteiger partial charge is 0.505 e. The Morgan fingerprint density at radius 2 is 1.50 bits per heavy atom. The van der Waals surface area contributed by atoms with Gasteiger partial charge in [0.2, 0.25) is 0 Å². The lowest BCUT2D eigenvalue weighted by atomic mass is 10.2. The molecule has 0 amide bonds. The van der Waals surface area contributed by atoms with Crippen LogP contribution in [0.25, 0.3) is 21.6 Å². The number of rotatable bonds is 2. The summed E-state index contributed by atoms with van der Waals surface area (Å²) < 4.78 is 3.35. The number of fused-ring (bicyclic) bond motifs is 1. The first-order valence-corrected chi connectivity index (χ1v) is 8.90. The molecule has 5 nitrogen and oxygen atoms in total. The number of aromatic nitrogens is 2. The maximum atomic E-state index is 13.1. The Morgan fingerprint density at radius 3 is 2.04 bits per heavy atom. The lowest BCUT2D eigenvalue weighted by Gasteiger charge is -2.14. The van der Waals surface area contributed by atoms with Crippen LogP contribution < -0.4 is 5.56 Å². The molecule has 0 fully saturated rings. The summed E-state index contributed by atoms with van der Waals surface area (Å²) in [6.07, 6.45) is 0. The van der Waals surface area contributed by atoms with Crippen LogP contribution in [0.5, 0.6) is 5.75 Å². The Bertz CT molecular complexity index is 1280. The smallest absolute Gasteiger partial charge is 0.271 e. The number of nitrogens with zero attached hydrogens (tertiary/aromatic N) is 3. The minimum absolute atomic E-state index is 0.0852. The van der Waals surface area contributed by atoms with Gasteiger partial charge in [0.1, 0.15) is 21.2 Å². The van der Waals surface area contributed by atoms with Crippen LogP contribution in [0.2, 0.25) is 0 Å². The molecule has 2 aromatic carbocycles. The molecule has 0 spiro atoms. The van der Waals surface area contributed by atoms with E-state index in [-0.39, 0.29) is 20.8 Å². The van der Waals surface area contributed by atoms with Crippen molar-refractivity contribution in [3.63, 3.8) is 0 Å². The summed E-state index contributed by atoms with van der Waals surface area (Å²) in [5.41, 5.74) is 0.898. The van der Waals surface area contributed by atoms with Crippen molar-refractivity contribution < 1.29 is 5.11 Å². The van der Waals surface area contributed by atoms with Gasteiger partial charge in [-0.25, -0.2) is 0 Å². The van der Waals surface area contributed by atoms with Crippen molar-refractivity contribution in [3.8, 4) is 23.2 Å². The van der Waals surface area contributed by atoms with Crippen LogP contribution in [0.15, 0.2) is 65.5 Å². The maximum Gasteiger partial charge on any atom is 0.271 e. The molecule has 26 heavy (non-hydrogen) atoms. The molecular weight excluding hydrogens is 366 g/mol. The van der Waals surface area contributed by atoms with E-state index in [1.54, 1.807) is 16.7 Å². The van der Waals surface area contributed by atoms with E-state index in [4.69, 9.17) is 12.2 Å². The van der Waals surface area contributed by atoms with Crippen molar-refractivity contribution in [2.75, 3.05) is 0 Å². The molecule has 0 aliphatic heterocycles. The molecule has 4 rings (SSSR count). The standard InChI is InChI=1S/C19H11N3O2S2/c20-11-14-16(23)15-17(24)21(12-7-3-1-4-8-12)19(25)22(18(15)26-14)13-9-5-2-6-10-13/h1-10,23H. The molecule has 0 atom stereocenters. The Morgan fingerprint density at radius 1 is 0.962 bits per heavy atom. The topological polar surface area (TPSA) is 70.9 Å². The SMILES string of the molecule is N#Cc1sc2c(c1O)c(=O)n(-c1ccccc1)c(=S)n2-c1ccccc1. The molecule has 0 saturated carbocycles. The van der Waals surface area contributed by atoms with Crippen molar-refractivity contribution >= 4 is 33.8 Å². The van der Waals surface area contributed by atoms with Crippen LogP contribution in [-0.4, -0.2) is 14.2 Å². The zero-order valence-electron chi connectivity index (χ0n) is 13.3. The third-order valence-corrected chi connectivity index (χ3v) is 5.43. The molecule has 0 bridgehead atoms. The molecule has 0 saturated heterocycles. The summed E-state index contributed by atoms with van der Waals surface area (Å²) in [5, 5.41) is 19.8. The van der Waals surface area contributed by atoms with Gasteiger partial charge < -0.3 is 5.11 Å². The Labute approximate surface area is 157 Å². The number of aromatic hydroxyl groups is 1. The zero-order valence-corrected chi connectivity index (χ0v) is 14.9. The summed E-state index contributed by atoms with van der Waals surface area (Å²) in [6, 6.07) is 20.3. The predicted molar refractivity (Wildman–Crippen MR) is 104 cm³/mol. The molecule has 2 heterocycles. The number of hydrogen-bond acceptors (Lipinski definition) is 5. The van der Waals surface area contributed by atoms with Crippen molar-refractivity contribution in [1.82, 2.24) is 9.13 Å². The number of benzene rings is 2. The van der Waals surface area contributed by atoms with Gasteiger partial charge >= 0.3 is 0 Å². The molecule has 4 aromatic rings. The van der Waals surface area contributed by atoms with Crippen LogP contribution in [0.3, 0.4) is 0 Å². The predicted octanol–water partition coefficient (Wildman–Crippen LogP) is 4.15. The highest BCUT2D eigenvalue weighted by atomic mass is 32.1. The van der Waals surface area contributed by atoms with E-state index in [1.807, 2.05) is 54.6 Å². The van der Waals surface area contributed by atoms with Gasteiger partial charge in [0.25, 0.3) is 5.56 Å². The normalized spacial score (nSPS) is 10.7. The first-order chi connectivity index (χ1) is 12.6. The first kappa shape index (κ1) is 16.3. The van der Waals surface area contributed by atoms with Gasteiger partial charge in [0, 0.05) is 5.69 Å². The summed E-state index contributed by atoms with van der Waals surface area (Å²) in [5.74, 6) is -0.304.